The van der Waals surface area contributed by atoms with Gasteiger partial charge in [-0.2, -0.15) is 0 Å². The fraction of sp³-hybridized carbons (Fsp3) is 0.538. The zero-order valence-corrected chi connectivity index (χ0v) is 9.32. The van der Waals surface area contributed by atoms with Crippen molar-refractivity contribution in [3.8, 4) is 11.5 Å². The van der Waals surface area contributed by atoms with Crippen LogP contribution >= 0.6 is 0 Å². The molecular formula is C13H17NO2. The minimum Gasteiger partial charge on any atom is -0.454 e. The Balaban J connectivity index is 1.83. The van der Waals surface area contributed by atoms with Gasteiger partial charge in [0.1, 0.15) is 0 Å². The minimum absolute atomic E-state index is 0.150. The highest BCUT2D eigenvalue weighted by Crippen LogP contribution is 2.38. The summed E-state index contributed by atoms with van der Waals surface area (Å²) >= 11 is 0. The number of ether oxygens (including phenoxy) is 2. The van der Waals surface area contributed by atoms with Crippen LogP contribution < -0.4 is 15.2 Å². The topological polar surface area (TPSA) is 44.5 Å². The third kappa shape index (κ3) is 1.65. The number of nitrogens with two attached hydrogens (primary N) is 1. The SMILES string of the molecule is N[C@H](c1ccc2c(c1)OCO2)C1CCCC1. The van der Waals surface area contributed by atoms with Crippen molar-refractivity contribution in [3.63, 3.8) is 0 Å². The maximum Gasteiger partial charge on any atom is 0.231 e. The van der Waals surface area contributed by atoms with Gasteiger partial charge in [-0.3, -0.25) is 0 Å². The summed E-state index contributed by atoms with van der Waals surface area (Å²) < 4.78 is 10.7. The van der Waals surface area contributed by atoms with E-state index in [4.69, 9.17) is 15.2 Å². The second kappa shape index (κ2) is 3.98. The fourth-order valence-corrected chi connectivity index (χ4v) is 2.71. The molecule has 0 radical (unpaired) electrons. The van der Waals surface area contributed by atoms with E-state index in [1.807, 2.05) is 12.1 Å². The van der Waals surface area contributed by atoms with Gasteiger partial charge in [-0.1, -0.05) is 18.9 Å². The van der Waals surface area contributed by atoms with Crippen molar-refractivity contribution in [1.29, 1.82) is 0 Å². The summed E-state index contributed by atoms with van der Waals surface area (Å²) in [6.07, 6.45) is 5.16. The van der Waals surface area contributed by atoms with E-state index in [9.17, 15) is 0 Å². The van der Waals surface area contributed by atoms with Gasteiger partial charge in [-0.05, 0) is 36.5 Å². The van der Waals surface area contributed by atoms with Crippen LogP contribution in [0.15, 0.2) is 18.2 Å². The van der Waals surface area contributed by atoms with Crippen LogP contribution in [0.25, 0.3) is 0 Å². The van der Waals surface area contributed by atoms with Crippen molar-refractivity contribution in [1.82, 2.24) is 0 Å². The summed E-state index contributed by atoms with van der Waals surface area (Å²) in [5.41, 5.74) is 7.47. The molecule has 0 amide bonds. The van der Waals surface area contributed by atoms with Crippen molar-refractivity contribution >= 4 is 0 Å². The van der Waals surface area contributed by atoms with Crippen LogP contribution in [-0.4, -0.2) is 6.79 Å². The first-order valence-electron chi connectivity index (χ1n) is 6.00. The van der Waals surface area contributed by atoms with E-state index in [1.54, 1.807) is 0 Å². The predicted molar refractivity (Wildman–Crippen MR) is 61.5 cm³/mol. The van der Waals surface area contributed by atoms with Crippen LogP contribution in [0.4, 0.5) is 0 Å². The van der Waals surface area contributed by atoms with Crippen LogP contribution in [0.3, 0.4) is 0 Å². The first-order valence-corrected chi connectivity index (χ1v) is 6.00. The van der Waals surface area contributed by atoms with Gasteiger partial charge in [0.2, 0.25) is 6.79 Å². The summed E-state index contributed by atoms with van der Waals surface area (Å²) in [4.78, 5) is 0. The van der Waals surface area contributed by atoms with Gasteiger partial charge in [-0.15, -0.1) is 0 Å². The molecular weight excluding hydrogens is 202 g/mol. The predicted octanol–water partition coefficient (Wildman–Crippen LogP) is 2.61. The van der Waals surface area contributed by atoms with E-state index in [0.717, 1.165) is 11.5 Å². The summed E-state index contributed by atoms with van der Waals surface area (Å²) in [6.45, 7) is 0.331. The number of hydrogen-bond donors (Lipinski definition) is 1. The zero-order chi connectivity index (χ0) is 11.0. The molecule has 3 nitrogen and oxygen atoms in total. The van der Waals surface area contributed by atoms with E-state index in [2.05, 4.69) is 6.07 Å². The second-order valence-corrected chi connectivity index (χ2v) is 4.68. The van der Waals surface area contributed by atoms with Gasteiger partial charge in [0.25, 0.3) is 0 Å². The Morgan fingerprint density at radius 1 is 1.12 bits per heavy atom. The molecule has 3 rings (SSSR count). The van der Waals surface area contributed by atoms with Crippen LogP contribution in [0.1, 0.15) is 37.3 Å². The highest BCUT2D eigenvalue weighted by atomic mass is 16.7. The standard InChI is InChI=1S/C13H17NO2/c14-13(9-3-1-2-4-9)10-5-6-11-12(7-10)16-8-15-11/h5-7,9,13H,1-4,8,14H2/t13-/m0/s1. The largest absolute Gasteiger partial charge is 0.454 e. The Labute approximate surface area is 95.5 Å². The molecule has 86 valence electrons. The first-order chi connectivity index (χ1) is 7.84. The molecule has 1 aliphatic carbocycles. The maximum absolute atomic E-state index is 6.30. The summed E-state index contributed by atoms with van der Waals surface area (Å²) in [5, 5.41) is 0. The van der Waals surface area contributed by atoms with Crippen molar-refractivity contribution in [2.75, 3.05) is 6.79 Å². The van der Waals surface area contributed by atoms with E-state index in [0.29, 0.717) is 12.7 Å². The number of hydrogen-bond acceptors (Lipinski definition) is 3. The lowest BCUT2D eigenvalue weighted by Crippen LogP contribution is -2.18. The third-order valence-electron chi connectivity index (χ3n) is 3.69. The van der Waals surface area contributed by atoms with Crippen molar-refractivity contribution < 1.29 is 9.47 Å². The van der Waals surface area contributed by atoms with Gasteiger partial charge in [-0.25, -0.2) is 0 Å². The molecule has 1 fully saturated rings. The zero-order valence-electron chi connectivity index (χ0n) is 9.32. The van der Waals surface area contributed by atoms with Crippen molar-refractivity contribution in [3.05, 3.63) is 23.8 Å². The monoisotopic (exact) mass is 219 g/mol. The molecule has 1 atom stereocenters. The first kappa shape index (κ1) is 9.97. The van der Waals surface area contributed by atoms with E-state index in [-0.39, 0.29) is 6.04 Å². The summed E-state index contributed by atoms with van der Waals surface area (Å²) in [6, 6.07) is 6.21. The number of benzene rings is 1. The molecule has 0 bridgehead atoms. The molecule has 1 aromatic carbocycles. The molecule has 3 heteroatoms. The Morgan fingerprint density at radius 2 is 1.88 bits per heavy atom. The quantitative estimate of drug-likeness (QED) is 0.831. The molecule has 1 heterocycles. The molecule has 1 aromatic rings. The highest BCUT2D eigenvalue weighted by Gasteiger charge is 2.24. The minimum atomic E-state index is 0.150. The average Bonchev–Trinajstić information content (AvgIpc) is 2.98. The van der Waals surface area contributed by atoms with E-state index >= 15 is 0 Å². The van der Waals surface area contributed by atoms with Gasteiger partial charge >= 0.3 is 0 Å². The molecule has 0 aromatic heterocycles. The van der Waals surface area contributed by atoms with Crippen molar-refractivity contribution in [2.24, 2.45) is 11.7 Å². The molecule has 0 spiro atoms. The lowest BCUT2D eigenvalue weighted by Gasteiger charge is -2.19. The number of rotatable bonds is 2. The Bertz CT molecular complexity index is 386. The Hall–Kier alpha value is -1.22. The molecule has 2 aliphatic rings. The molecule has 0 saturated heterocycles. The molecule has 2 N–H and O–H groups in total. The van der Waals surface area contributed by atoms with Crippen LogP contribution in [0, 0.1) is 5.92 Å². The molecule has 1 aliphatic heterocycles. The third-order valence-corrected chi connectivity index (χ3v) is 3.69. The second-order valence-electron chi connectivity index (χ2n) is 4.68. The fourth-order valence-electron chi connectivity index (χ4n) is 2.71. The Kier molecular flexibility index (Phi) is 2.48. The van der Waals surface area contributed by atoms with Gasteiger partial charge in [0, 0.05) is 6.04 Å². The molecule has 16 heavy (non-hydrogen) atoms. The lowest BCUT2D eigenvalue weighted by molar-refractivity contribution is 0.174. The maximum atomic E-state index is 6.30. The van der Waals surface area contributed by atoms with Crippen LogP contribution in [-0.2, 0) is 0 Å². The average molecular weight is 219 g/mol. The van der Waals surface area contributed by atoms with E-state index < -0.39 is 0 Å². The van der Waals surface area contributed by atoms with Crippen LogP contribution in [0.2, 0.25) is 0 Å². The van der Waals surface area contributed by atoms with Gasteiger partial charge in [0.15, 0.2) is 11.5 Å². The van der Waals surface area contributed by atoms with E-state index in [1.165, 1.54) is 31.2 Å². The molecule has 1 saturated carbocycles. The Morgan fingerprint density at radius 3 is 2.69 bits per heavy atom. The van der Waals surface area contributed by atoms with Crippen LogP contribution in [0.5, 0.6) is 11.5 Å². The summed E-state index contributed by atoms with van der Waals surface area (Å²) in [5.74, 6) is 2.31. The van der Waals surface area contributed by atoms with Crippen molar-refractivity contribution in [2.45, 2.75) is 31.7 Å². The lowest BCUT2D eigenvalue weighted by atomic mass is 9.92. The normalized spacial score (nSPS) is 21.3. The summed E-state index contributed by atoms with van der Waals surface area (Å²) in [7, 11) is 0. The smallest absolute Gasteiger partial charge is 0.231 e. The highest BCUT2D eigenvalue weighted by molar-refractivity contribution is 5.45. The molecule has 0 unspecified atom stereocenters. The number of fused-ring (bicyclic) bond motifs is 1. The van der Waals surface area contributed by atoms with Gasteiger partial charge in [0.05, 0.1) is 0 Å². The van der Waals surface area contributed by atoms with Gasteiger partial charge < -0.3 is 15.2 Å².